The molecule has 0 spiro atoms. The summed E-state index contributed by atoms with van der Waals surface area (Å²) in [6, 6.07) is 0. The molecule has 1 aromatic heterocycles. The zero-order chi connectivity index (χ0) is 38.9. The summed E-state index contributed by atoms with van der Waals surface area (Å²) in [7, 11) is -4.14. The van der Waals surface area contributed by atoms with Crippen LogP contribution < -0.4 is 0 Å². The van der Waals surface area contributed by atoms with Crippen LogP contribution in [-0.2, 0) is 13.6 Å². The van der Waals surface area contributed by atoms with Crippen LogP contribution in [0, 0.1) is 30.1 Å². The van der Waals surface area contributed by atoms with Crippen molar-refractivity contribution in [3.63, 3.8) is 0 Å². The number of aryl methyl sites for hydroxylation is 1. The minimum atomic E-state index is -2.15. The molecule has 0 amide bonds. The van der Waals surface area contributed by atoms with Gasteiger partial charge in [0.05, 0.1) is 22.9 Å². The number of aliphatic hydroxyl groups excluding tert-OH is 1. The van der Waals surface area contributed by atoms with E-state index in [9.17, 15) is 9.90 Å². The molecule has 8 heteroatoms. The fraction of sp³-hybridized carbons (Fsp3) is 0.810. The highest BCUT2D eigenvalue weighted by molar-refractivity contribution is 7.09. The SMILES string of the molecule is CCC[C@@H](C(=O)C(C)(C)[C@@H](C)CCO)[C@@H](O[Si](C)(C)C(C)(C)C)[C@@H](C)CCCC(C)=CC[C@H](O[Si](C)(C)C(C)(C)C)/C(C)=C/c1csc(C)n1. The van der Waals surface area contributed by atoms with E-state index >= 15 is 0 Å². The second-order valence-electron chi connectivity index (χ2n) is 18.9. The molecule has 1 N–H and O–H groups in total. The van der Waals surface area contributed by atoms with E-state index < -0.39 is 22.0 Å². The number of nitrogens with zero attached hydrogens (tertiary/aromatic N) is 1. The van der Waals surface area contributed by atoms with E-state index in [1.165, 1.54) is 11.1 Å². The molecule has 290 valence electrons. The molecule has 0 aromatic carbocycles. The van der Waals surface area contributed by atoms with Gasteiger partial charge < -0.3 is 14.0 Å². The first-order valence-electron chi connectivity index (χ1n) is 19.5. The van der Waals surface area contributed by atoms with Gasteiger partial charge in [-0.2, -0.15) is 0 Å². The second-order valence-corrected chi connectivity index (χ2v) is 29.5. The Labute approximate surface area is 315 Å². The Morgan fingerprint density at radius 1 is 0.940 bits per heavy atom. The molecule has 0 radical (unpaired) electrons. The number of allylic oxidation sites excluding steroid dienone is 1. The topological polar surface area (TPSA) is 68.7 Å². The molecular formula is C42H79NO4SSi2. The predicted molar refractivity (Wildman–Crippen MR) is 224 cm³/mol. The number of carbonyl (C=O) groups is 1. The van der Waals surface area contributed by atoms with Crippen LogP contribution in [0.1, 0.15) is 146 Å². The van der Waals surface area contributed by atoms with E-state index in [1.807, 2.05) is 0 Å². The molecule has 0 fully saturated rings. The molecule has 1 rings (SSSR count). The third-order valence-corrected chi connectivity index (χ3v) is 22.0. The number of aliphatic hydroxyl groups is 1. The van der Waals surface area contributed by atoms with Crippen LogP contribution in [0.25, 0.3) is 6.08 Å². The lowest BCUT2D eigenvalue weighted by Gasteiger charge is -2.45. The number of hydrogen-bond acceptors (Lipinski definition) is 6. The summed E-state index contributed by atoms with van der Waals surface area (Å²) in [6.07, 6.45) is 10.8. The summed E-state index contributed by atoms with van der Waals surface area (Å²) >= 11 is 1.69. The van der Waals surface area contributed by atoms with Crippen LogP contribution in [0.5, 0.6) is 0 Å². The lowest BCUT2D eigenvalue weighted by molar-refractivity contribution is -0.139. The maximum absolute atomic E-state index is 14.4. The normalized spacial score (nSPS) is 17.4. The van der Waals surface area contributed by atoms with Crippen LogP contribution in [0.4, 0.5) is 0 Å². The molecule has 0 aliphatic heterocycles. The van der Waals surface area contributed by atoms with Crippen LogP contribution in [0.3, 0.4) is 0 Å². The number of hydrogen-bond donors (Lipinski definition) is 1. The summed E-state index contributed by atoms with van der Waals surface area (Å²) in [4.78, 5) is 19.1. The second kappa shape index (κ2) is 19.4. The van der Waals surface area contributed by atoms with Gasteiger partial charge in [-0.05, 0) is 119 Å². The van der Waals surface area contributed by atoms with Gasteiger partial charge in [-0.3, -0.25) is 4.79 Å². The third kappa shape index (κ3) is 13.8. The Morgan fingerprint density at radius 3 is 1.98 bits per heavy atom. The van der Waals surface area contributed by atoms with Crippen LogP contribution in [0.15, 0.2) is 22.6 Å². The van der Waals surface area contributed by atoms with Gasteiger partial charge in [0.2, 0.25) is 0 Å². The Morgan fingerprint density at radius 2 is 1.50 bits per heavy atom. The monoisotopic (exact) mass is 750 g/mol. The van der Waals surface area contributed by atoms with Crippen LogP contribution in [0.2, 0.25) is 36.3 Å². The van der Waals surface area contributed by atoms with Crippen molar-refractivity contribution in [1.29, 1.82) is 0 Å². The lowest BCUT2D eigenvalue weighted by Crippen LogP contribution is -2.51. The lowest BCUT2D eigenvalue weighted by atomic mass is 9.68. The van der Waals surface area contributed by atoms with Crippen LogP contribution >= 0.6 is 11.3 Å². The van der Waals surface area contributed by atoms with E-state index in [0.717, 1.165) is 49.2 Å². The Kier molecular flexibility index (Phi) is 18.3. The minimum Gasteiger partial charge on any atom is -0.413 e. The largest absolute Gasteiger partial charge is 0.413 e. The molecule has 5 nitrogen and oxygen atoms in total. The zero-order valence-electron chi connectivity index (χ0n) is 35.8. The molecule has 0 aliphatic carbocycles. The molecule has 0 saturated heterocycles. The summed E-state index contributed by atoms with van der Waals surface area (Å²) in [5.74, 6) is 0.504. The molecule has 5 atom stereocenters. The van der Waals surface area contributed by atoms with Gasteiger partial charge in [0.25, 0.3) is 0 Å². The number of rotatable bonds is 21. The summed E-state index contributed by atoms with van der Waals surface area (Å²) in [5.41, 5.74) is 3.11. The first kappa shape index (κ1) is 47.1. The number of thiazole rings is 1. The Balaban J connectivity index is 3.28. The molecule has 0 aliphatic rings. The zero-order valence-corrected chi connectivity index (χ0v) is 38.6. The fourth-order valence-electron chi connectivity index (χ4n) is 6.05. The maximum Gasteiger partial charge on any atom is 0.192 e. The van der Waals surface area contributed by atoms with Crippen molar-refractivity contribution in [2.24, 2.45) is 23.2 Å². The summed E-state index contributed by atoms with van der Waals surface area (Å²) < 4.78 is 14.3. The summed E-state index contributed by atoms with van der Waals surface area (Å²) in [6.45, 7) is 40.5. The van der Waals surface area contributed by atoms with Gasteiger partial charge in [-0.1, -0.05) is 94.2 Å². The van der Waals surface area contributed by atoms with E-state index in [0.29, 0.717) is 12.2 Å². The van der Waals surface area contributed by atoms with Crippen molar-refractivity contribution in [3.05, 3.63) is 33.3 Å². The highest BCUT2D eigenvalue weighted by atomic mass is 32.1. The average molecular weight is 750 g/mol. The van der Waals surface area contributed by atoms with Crippen molar-refractivity contribution in [1.82, 2.24) is 4.98 Å². The summed E-state index contributed by atoms with van der Waals surface area (Å²) in [5, 5.41) is 13.1. The highest BCUT2D eigenvalue weighted by Gasteiger charge is 2.47. The first-order chi connectivity index (χ1) is 22.7. The molecule has 50 heavy (non-hydrogen) atoms. The average Bonchev–Trinajstić information content (AvgIpc) is 3.39. The number of Topliss-reactive ketones (excluding diaryl/α,β-unsaturated/α-hetero) is 1. The molecule has 0 unspecified atom stereocenters. The molecule has 0 saturated carbocycles. The molecule has 0 bridgehead atoms. The molecule has 1 heterocycles. The fourth-order valence-corrected chi connectivity index (χ4v) is 9.40. The first-order valence-corrected chi connectivity index (χ1v) is 26.2. The number of aromatic nitrogens is 1. The van der Waals surface area contributed by atoms with E-state index in [4.69, 9.17) is 8.85 Å². The van der Waals surface area contributed by atoms with E-state index in [-0.39, 0.29) is 46.6 Å². The highest BCUT2D eigenvalue weighted by Crippen LogP contribution is 2.43. The minimum absolute atomic E-state index is 0.0199. The standard InChI is InChI=1S/C42H79NO4SSi2/c1-19-21-36(39(45)42(13,14)33(5)26-27-44)38(47-50(17,18)41(10,11)12)31(3)23-20-22-30(2)24-25-37(46-49(15,16)40(7,8)9)32(4)28-35-29-48-34(6)43-35/h24,28-29,31,33,36-38,44H,19-23,25-27H2,1-18H3/b30-24?,32-28+/t31-,33-,36+,37-,38-/m0/s1. The quantitative estimate of drug-likeness (QED) is 0.100. The number of ketones is 1. The third-order valence-electron chi connectivity index (χ3n) is 12.2. The van der Waals surface area contributed by atoms with Crippen molar-refractivity contribution in [3.8, 4) is 0 Å². The molecular weight excluding hydrogens is 671 g/mol. The molecule has 1 aromatic rings. The van der Waals surface area contributed by atoms with Crippen molar-refractivity contribution >= 4 is 39.8 Å². The Bertz CT molecular complexity index is 1250. The van der Waals surface area contributed by atoms with Crippen molar-refractivity contribution in [2.45, 2.75) is 190 Å². The van der Waals surface area contributed by atoms with Gasteiger partial charge in [0, 0.05) is 23.3 Å². The van der Waals surface area contributed by atoms with Gasteiger partial charge in [-0.25, -0.2) is 4.98 Å². The van der Waals surface area contributed by atoms with E-state index in [2.05, 4.69) is 146 Å². The predicted octanol–water partition coefficient (Wildman–Crippen LogP) is 12.8. The maximum atomic E-state index is 14.4. The van der Waals surface area contributed by atoms with Gasteiger partial charge in [0.1, 0.15) is 5.78 Å². The van der Waals surface area contributed by atoms with Crippen molar-refractivity contribution in [2.75, 3.05) is 6.61 Å². The van der Waals surface area contributed by atoms with Crippen molar-refractivity contribution < 1.29 is 18.8 Å². The van der Waals surface area contributed by atoms with E-state index in [1.54, 1.807) is 11.3 Å². The van der Waals surface area contributed by atoms with Gasteiger partial charge in [0.15, 0.2) is 16.6 Å². The van der Waals surface area contributed by atoms with Crippen LogP contribution in [-0.4, -0.2) is 51.3 Å². The number of carbonyl (C=O) groups excluding carboxylic acids is 1. The van der Waals surface area contributed by atoms with Gasteiger partial charge in [-0.15, -0.1) is 11.3 Å². The Hall–Kier alpha value is -0.906. The van der Waals surface area contributed by atoms with Gasteiger partial charge >= 0.3 is 0 Å². The smallest absolute Gasteiger partial charge is 0.192 e.